The number of anilines is 3. The van der Waals surface area contributed by atoms with Crippen molar-refractivity contribution in [3.63, 3.8) is 0 Å². The third-order valence-corrected chi connectivity index (χ3v) is 14.0. The molecule has 0 saturated carbocycles. The first kappa shape index (κ1) is 36.0. The molecule has 8 aromatic carbocycles. The molecule has 0 fully saturated rings. The zero-order valence-electron chi connectivity index (χ0n) is 34.2. The molecule has 3 aliphatic rings. The average Bonchev–Trinajstić information content (AvgIpc) is 3.70. The number of hydrogen-bond donors (Lipinski definition) is 0. The van der Waals surface area contributed by atoms with E-state index in [-0.39, 0.29) is 0 Å². The van der Waals surface area contributed by atoms with Crippen LogP contribution in [0.15, 0.2) is 228 Å². The number of fused-ring (bicyclic) bond motifs is 9. The minimum atomic E-state index is 0.430. The fourth-order valence-corrected chi connectivity index (χ4v) is 11.1. The Bertz CT molecular complexity index is 3630. The molecule has 1 unspecified atom stereocenters. The minimum Gasteiger partial charge on any atom is -0.308 e. The molecule has 0 radical (unpaired) electrons. The summed E-state index contributed by atoms with van der Waals surface area (Å²) in [6.07, 6.45) is 14.5. The van der Waals surface area contributed by atoms with Gasteiger partial charge in [-0.05, 0) is 99.6 Å². The van der Waals surface area contributed by atoms with Crippen molar-refractivity contribution >= 4 is 77.9 Å². The third kappa shape index (κ3) is 5.77. The summed E-state index contributed by atoms with van der Waals surface area (Å²) in [4.78, 5) is 15.8. The van der Waals surface area contributed by atoms with Crippen molar-refractivity contribution in [2.75, 3.05) is 4.90 Å². The first-order chi connectivity index (χ1) is 31.2. The molecule has 2 aliphatic carbocycles. The second-order valence-corrected chi connectivity index (χ2v) is 17.5. The highest BCUT2D eigenvalue weighted by atomic mass is 32.2. The van der Waals surface area contributed by atoms with Gasteiger partial charge in [-0.15, -0.1) is 0 Å². The van der Waals surface area contributed by atoms with Gasteiger partial charge in [0.25, 0.3) is 0 Å². The molecule has 3 heterocycles. The lowest BCUT2D eigenvalue weighted by Crippen LogP contribution is -2.14. The fourth-order valence-electron chi connectivity index (χ4n) is 10.0. The van der Waals surface area contributed by atoms with Gasteiger partial charge in [0.15, 0.2) is 0 Å². The van der Waals surface area contributed by atoms with Gasteiger partial charge in [-0.25, -0.2) is 9.97 Å². The minimum absolute atomic E-state index is 0.430. The summed E-state index contributed by atoms with van der Waals surface area (Å²) in [6.45, 7) is 0. The molecule has 296 valence electrons. The van der Waals surface area contributed by atoms with Crippen molar-refractivity contribution in [2.24, 2.45) is 5.92 Å². The van der Waals surface area contributed by atoms with Crippen LogP contribution in [-0.4, -0.2) is 14.5 Å². The lowest BCUT2D eigenvalue weighted by molar-refractivity contribution is 0.784. The number of nitrogens with zero attached hydrogens (tertiary/aromatic N) is 4. The van der Waals surface area contributed by atoms with Crippen molar-refractivity contribution in [3.05, 3.63) is 224 Å². The van der Waals surface area contributed by atoms with Gasteiger partial charge < -0.3 is 4.90 Å². The fraction of sp³-hybridized carbons (Fsp3) is 0.0345. The summed E-state index contributed by atoms with van der Waals surface area (Å²) in [5.74, 6) is 1.08. The lowest BCUT2D eigenvalue weighted by atomic mass is 9.82. The Balaban J connectivity index is 1.02. The predicted molar refractivity (Wildman–Crippen MR) is 264 cm³/mol. The van der Waals surface area contributed by atoms with Crippen molar-refractivity contribution in [2.45, 2.75) is 16.2 Å². The number of allylic oxidation sites excluding steroid dienone is 8. The molecular formula is C58H38N4S. The third-order valence-electron chi connectivity index (χ3n) is 12.9. The first-order valence-corrected chi connectivity index (χ1v) is 22.4. The highest BCUT2D eigenvalue weighted by Gasteiger charge is 2.27. The molecule has 0 amide bonds. The smallest absolute Gasteiger partial charge is 0.235 e. The Morgan fingerprint density at radius 2 is 1.30 bits per heavy atom. The SMILES string of the molecule is C1=CC2=C(c3ccc(-c4nc(-n5c6cccc(-c7ccc8c(c7)N(c7ccccc7)c7ccccc7S8)c6c6c7ccccc7ccc65)nc5ccccc45)cc3)C=CCC2C=C1. The van der Waals surface area contributed by atoms with Gasteiger partial charge in [-0.2, -0.15) is 0 Å². The largest absolute Gasteiger partial charge is 0.308 e. The van der Waals surface area contributed by atoms with Gasteiger partial charge in [-0.3, -0.25) is 4.57 Å². The van der Waals surface area contributed by atoms with Gasteiger partial charge in [0.2, 0.25) is 5.95 Å². The van der Waals surface area contributed by atoms with E-state index in [1.807, 2.05) is 11.8 Å². The number of para-hydroxylation sites is 3. The summed E-state index contributed by atoms with van der Waals surface area (Å²) < 4.78 is 2.29. The lowest BCUT2D eigenvalue weighted by Gasteiger charge is -2.33. The Morgan fingerprint density at radius 1 is 0.540 bits per heavy atom. The normalized spacial score (nSPS) is 15.4. The highest BCUT2D eigenvalue weighted by Crippen LogP contribution is 2.53. The van der Waals surface area contributed by atoms with E-state index in [1.54, 1.807) is 0 Å². The molecule has 1 atom stereocenters. The molecule has 63 heavy (non-hydrogen) atoms. The second kappa shape index (κ2) is 14.4. The van der Waals surface area contributed by atoms with Gasteiger partial charge in [-0.1, -0.05) is 170 Å². The van der Waals surface area contributed by atoms with Crippen molar-refractivity contribution in [3.8, 4) is 28.3 Å². The highest BCUT2D eigenvalue weighted by molar-refractivity contribution is 7.99. The zero-order valence-corrected chi connectivity index (χ0v) is 35.0. The Morgan fingerprint density at radius 3 is 2.22 bits per heavy atom. The molecule has 2 aromatic heterocycles. The topological polar surface area (TPSA) is 34.0 Å². The van der Waals surface area contributed by atoms with E-state index in [4.69, 9.17) is 9.97 Å². The molecule has 10 aromatic rings. The molecule has 5 heteroatoms. The summed E-state index contributed by atoms with van der Waals surface area (Å²) >= 11 is 1.83. The van der Waals surface area contributed by atoms with E-state index in [0.717, 1.165) is 50.9 Å². The number of hydrogen-bond acceptors (Lipinski definition) is 4. The van der Waals surface area contributed by atoms with Crippen LogP contribution in [0.25, 0.3) is 77.4 Å². The summed E-state index contributed by atoms with van der Waals surface area (Å²) in [5, 5.41) is 5.80. The van der Waals surface area contributed by atoms with Gasteiger partial charge in [0.1, 0.15) is 0 Å². The maximum atomic E-state index is 5.52. The molecule has 13 rings (SSSR count). The van der Waals surface area contributed by atoms with Crippen LogP contribution in [0.5, 0.6) is 0 Å². The van der Waals surface area contributed by atoms with E-state index in [1.165, 1.54) is 65.0 Å². The molecule has 0 spiro atoms. The Labute approximate surface area is 369 Å². The van der Waals surface area contributed by atoms with Gasteiger partial charge in [0, 0.05) is 43.1 Å². The van der Waals surface area contributed by atoms with Crippen LogP contribution in [0.4, 0.5) is 17.1 Å². The van der Waals surface area contributed by atoms with Crippen molar-refractivity contribution < 1.29 is 0 Å². The number of aromatic nitrogens is 3. The standard InChI is InChI=1S/C58H38N4S/c1-2-17-42(18-3-1)61-49-25-10-11-27-53(49)63-54-35-33-41(36-52(54)61)46-23-13-26-50-56(46)55-45-20-7-5-15-38(45)32-34-51(55)62(50)58-59-48-24-9-8-21-47(48)57(60-58)40-30-28-39(29-31-40)44-22-12-16-37-14-4-6-19-43(37)44/h1-15,17-37H,16H2. The van der Waals surface area contributed by atoms with Crippen LogP contribution < -0.4 is 4.90 Å². The number of benzene rings is 8. The maximum Gasteiger partial charge on any atom is 0.235 e. The second-order valence-electron chi connectivity index (χ2n) is 16.5. The molecule has 0 saturated heterocycles. The zero-order chi connectivity index (χ0) is 41.4. The van der Waals surface area contributed by atoms with Crippen molar-refractivity contribution in [1.82, 2.24) is 14.5 Å². The van der Waals surface area contributed by atoms with Crippen LogP contribution in [0, 0.1) is 5.92 Å². The summed E-state index contributed by atoms with van der Waals surface area (Å²) in [5.41, 5.74) is 14.7. The van der Waals surface area contributed by atoms with E-state index in [2.05, 4.69) is 222 Å². The quantitative estimate of drug-likeness (QED) is 0.173. The van der Waals surface area contributed by atoms with E-state index in [0.29, 0.717) is 11.9 Å². The average molecular weight is 823 g/mol. The van der Waals surface area contributed by atoms with Crippen LogP contribution in [-0.2, 0) is 0 Å². The van der Waals surface area contributed by atoms with E-state index >= 15 is 0 Å². The molecule has 1 aliphatic heterocycles. The first-order valence-electron chi connectivity index (χ1n) is 21.6. The van der Waals surface area contributed by atoms with E-state index in [9.17, 15) is 0 Å². The Kier molecular flexibility index (Phi) is 8.25. The molecule has 4 nitrogen and oxygen atoms in total. The van der Waals surface area contributed by atoms with Crippen molar-refractivity contribution in [1.29, 1.82) is 0 Å². The van der Waals surface area contributed by atoms with E-state index < -0.39 is 0 Å². The summed E-state index contributed by atoms with van der Waals surface area (Å²) in [6, 6.07) is 63.7. The van der Waals surface area contributed by atoms with Gasteiger partial charge >= 0.3 is 0 Å². The van der Waals surface area contributed by atoms with Crippen LogP contribution >= 0.6 is 11.8 Å². The van der Waals surface area contributed by atoms with Crippen LogP contribution in [0.3, 0.4) is 0 Å². The maximum absolute atomic E-state index is 5.52. The number of rotatable bonds is 5. The molecular weight excluding hydrogens is 785 g/mol. The summed E-state index contributed by atoms with van der Waals surface area (Å²) in [7, 11) is 0. The molecule has 0 N–H and O–H groups in total. The molecule has 0 bridgehead atoms. The van der Waals surface area contributed by atoms with Crippen LogP contribution in [0.2, 0.25) is 0 Å². The van der Waals surface area contributed by atoms with Crippen LogP contribution in [0.1, 0.15) is 12.0 Å². The van der Waals surface area contributed by atoms with Gasteiger partial charge in [0.05, 0.1) is 33.6 Å². The Hall–Kier alpha value is -7.73. The monoisotopic (exact) mass is 822 g/mol. The predicted octanol–water partition coefficient (Wildman–Crippen LogP) is 15.6.